The molecule has 292 valence electrons. The molecule has 9 aromatic carbocycles. The highest BCUT2D eigenvalue weighted by Gasteiger charge is 2.52. The van der Waals surface area contributed by atoms with Crippen LogP contribution in [0.1, 0.15) is 27.8 Å². The number of hydrogen-bond donors (Lipinski definition) is 0. The first-order valence-electron chi connectivity index (χ1n) is 21.4. The first kappa shape index (κ1) is 36.4. The quantitative estimate of drug-likeness (QED) is 0.168. The zero-order chi connectivity index (χ0) is 41.9. The van der Waals surface area contributed by atoms with E-state index in [2.05, 4.69) is 212 Å². The van der Waals surface area contributed by atoms with E-state index in [1.807, 2.05) is 18.2 Å². The lowest BCUT2D eigenvalue weighted by atomic mass is 9.70. The maximum atomic E-state index is 10.6. The molecule has 2 aliphatic rings. The Labute approximate surface area is 366 Å². The van der Waals surface area contributed by atoms with Gasteiger partial charge in [-0.05, 0) is 115 Å². The molecule has 3 nitrogen and oxygen atoms in total. The lowest BCUT2D eigenvalue weighted by Crippen LogP contribution is -2.25. The van der Waals surface area contributed by atoms with Crippen LogP contribution in [0, 0.1) is 11.3 Å². The van der Waals surface area contributed by atoms with Crippen molar-refractivity contribution in [3.05, 3.63) is 252 Å². The van der Waals surface area contributed by atoms with Crippen LogP contribution in [0.5, 0.6) is 0 Å². The molecule has 2 aliphatic carbocycles. The van der Waals surface area contributed by atoms with Crippen molar-refractivity contribution in [1.29, 1.82) is 5.26 Å². The minimum Gasteiger partial charge on any atom is -0.228 e. The first-order valence-corrected chi connectivity index (χ1v) is 21.4. The zero-order valence-corrected chi connectivity index (χ0v) is 34.2. The van der Waals surface area contributed by atoms with Crippen molar-refractivity contribution >= 4 is 0 Å². The third kappa shape index (κ3) is 5.81. The standard InChI is InChI=1S/C60H37N3/c61-38-45-24-15-29-55-58(45)51-36-43(30-31-54(51)60(55)52-27-12-10-25-49(52)50-26-11-13-28-53(50)60)42-22-14-23-44(32-42)59-62-56(41-20-8-3-9-21-41)37-57(63-59)48-34-46(39-16-4-1-5-17-39)33-47(35-48)40-18-6-2-7-19-40/h1-37H. The lowest BCUT2D eigenvalue weighted by molar-refractivity contribution is 0.793. The molecule has 0 atom stereocenters. The summed E-state index contributed by atoms with van der Waals surface area (Å²) in [6.45, 7) is 0. The summed E-state index contributed by atoms with van der Waals surface area (Å²) in [6.07, 6.45) is 0. The Morgan fingerprint density at radius 3 is 1.41 bits per heavy atom. The average Bonchev–Trinajstić information content (AvgIpc) is 3.84. The van der Waals surface area contributed by atoms with Crippen molar-refractivity contribution < 1.29 is 0 Å². The Balaban J connectivity index is 1.02. The van der Waals surface area contributed by atoms with Crippen molar-refractivity contribution in [1.82, 2.24) is 9.97 Å². The highest BCUT2D eigenvalue weighted by molar-refractivity contribution is 5.97. The molecule has 0 bridgehead atoms. The van der Waals surface area contributed by atoms with E-state index >= 15 is 0 Å². The van der Waals surface area contributed by atoms with Gasteiger partial charge in [-0.2, -0.15) is 5.26 Å². The summed E-state index contributed by atoms with van der Waals surface area (Å²) in [5.74, 6) is 0.649. The van der Waals surface area contributed by atoms with Crippen LogP contribution in [0.4, 0.5) is 0 Å². The monoisotopic (exact) mass is 799 g/mol. The fourth-order valence-corrected chi connectivity index (χ4v) is 10.2. The van der Waals surface area contributed by atoms with Crippen LogP contribution < -0.4 is 0 Å². The van der Waals surface area contributed by atoms with Gasteiger partial charge in [-0.1, -0.05) is 182 Å². The molecule has 0 amide bonds. The van der Waals surface area contributed by atoms with Gasteiger partial charge < -0.3 is 0 Å². The normalized spacial score (nSPS) is 12.6. The van der Waals surface area contributed by atoms with Gasteiger partial charge in [0.25, 0.3) is 0 Å². The summed E-state index contributed by atoms with van der Waals surface area (Å²) in [4.78, 5) is 10.6. The van der Waals surface area contributed by atoms with Crippen LogP contribution in [-0.4, -0.2) is 9.97 Å². The number of rotatable bonds is 6. The van der Waals surface area contributed by atoms with Crippen LogP contribution in [0.2, 0.25) is 0 Å². The van der Waals surface area contributed by atoms with E-state index in [1.165, 1.54) is 27.8 Å². The third-order valence-electron chi connectivity index (χ3n) is 12.9. The van der Waals surface area contributed by atoms with Gasteiger partial charge in [-0.25, -0.2) is 9.97 Å². The number of aromatic nitrogens is 2. The first-order chi connectivity index (χ1) is 31.2. The number of hydrogen-bond acceptors (Lipinski definition) is 3. The second kappa shape index (κ2) is 14.6. The topological polar surface area (TPSA) is 49.6 Å². The Bertz CT molecular complexity index is 3350. The van der Waals surface area contributed by atoms with E-state index < -0.39 is 5.41 Å². The molecule has 1 aromatic heterocycles. The molecule has 63 heavy (non-hydrogen) atoms. The van der Waals surface area contributed by atoms with Crippen molar-refractivity contribution in [2.75, 3.05) is 0 Å². The van der Waals surface area contributed by atoms with E-state index in [1.54, 1.807) is 0 Å². The molecular weight excluding hydrogens is 763 g/mol. The van der Waals surface area contributed by atoms with Crippen LogP contribution in [0.3, 0.4) is 0 Å². The zero-order valence-electron chi connectivity index (χ0n) is 34.2. The Kier molecular flexibility index (Phi) is 8.45. The molecule has 1 heterocycles. The lowest BCUT2D eigenvalue weighted by Gasteiger charge is -2.30. The molecule has 0 N–H and O–H groups in total. The molecule has 0 fully saturated rings. The molecular formula is C60H37N3. The SMILES string of the molecule is N#Cc1cccc2c1-c1cc(-c3cccc(-c4nc(-c5ccccc5)cc(-c5cc(-c6ccccc6)cc(-c6ccccc6)c5)n4)c3)ccc1C21c2ccccc2-c2ccccc21. The third-order valence-corrected chi connectivity index (χ3v) is 12.9. The molecule has 1 spiro atoms. The maximum absolute atomic E-state index is 10.6. The highest BCUT2D eigenvalue weighted by Crippen LogP contribution is 2.63. The summed E-state index contributed by atoms with van der Waals surface area (Å²) < 4.78 is 0. The van der Waals surface area contributed by atoms with E-state index in [0.717, 1.165) is 78.1 Å². The van der Waals surface area contributed by atoms with Gasteiger partial charge in [0.15, 0.2) is 5.82 Å². The number of nitriles is 1. The van der Waals surface area contributed by atoms with Gasteiger partial charge in [0, 0.05) is 22.3 Å². The molecule has 12 rings (SSSR count). The van der Waals surface area contributed by atoms with Crippen LogP contribution >= 0.6 is 0 Å². The summed E-state index contributed by atoms with van der Waals surface area (Å²) >= 11 is 0. The molecule has 10 aromatic rings. The van der Waals surface area contributed by atoms with Gasteiger partial charge in [0.2, 0.25) is 0 Å². The Morgan fingerprint density at radius 2 is 0.778 bits per heavy atom. The molecule has 0 radical (unpaired) electrons. The van der Waals surface area contributed by atoms with Gasteiger partial charge in [0.1, 0.15) is 0 Å². The van der Waals surface area contributed by atoms with Crippen molar-refractivity contribution in [3.63, 3.8) is 0 Å². The smallest absolute Gasteiger partial charge is 0.160 e. The predicted molar refractivity (Wildman–Crippen MR) is 256 cm³/mol. The van der Waals surface area contributed by atoms with Crippen LogP contribution in [0.25, 0.3) is 89.5 Å². The van der Waals surface area contributed by atoms with E-state index in [4.69, 9.17) is 9.97 Å². The van der Waals surface area contributed by atoms with Crippen molar-refractivity contribution in [3.8, 4) is 95.6 Å². The largest absolute Gasteiger partial charge is 0.228 e. The second-order valence-electron chi connectivity index (χ2n) is 16.4. The van der Waals surface area contributed by atoms with E-state index in [-0.39, 0.29) is 0 Å². The van der Waals surface area contributed by atoms with Crippen molar-refractivity contribution in [2.24, 2.45) is 0 Å². The second-order valence-corrected chi connectivity index (χ2v) is 16.4. The van der Waals surface area contributed by atoms with Gasteiger partial charge in [0.05, 0.1) is 28.4 Å². The summed E-state index contributed by atoms with van der Waals surface area (Å²) in [7, 11) is 0. The molecule has 0 saturated carbocycles. The maximum Gasteiger partial charge on any atom is 0.160 e. The van der Waals surface area contributed by atoms with Gasteiger partial charge in [-0.15, -0.1) is 0 Å². The fourth-order valence-electron chi connectivity index (χ4n) is 10.2. The Hall–Kier alpha value is -8.45. The van der Waals surface area contributed by atoms with E-state index in [9.17, 15) is 5.26 Å². The molecule has 3 heteroatoms. The van der Waals surface area contributed by atoms with Gasteiger partial charge >= 0.3 is 0 Å². The minimum absolute atomic E-state index is 0.522. The van der Waals surface area contributed by atoms with Crippen molar-refractivity contribution in [2.45, 2.75) is 5.41 Å². The fraction of sp³-hybridized carbons (Fsp3) is 0.0167. The summed E-state index contributed by atoms with van der Waals surface area (Å²) in [5.41, 5.74) is 20.9. The van der Waals surface area contributed by atoms with Crippen LogP contribution in [-0.2, 0) is 5.41 Å². The number of benzene rings is 9. The highest BCUT2D eigenvalue weighted by atomic mass is 14.9. The summed E-state index contributed by atoms with van der Waals surface area (Å²) in [6, 6.07) is 82.0. The molecule has 0 saturated heterocycles. The predicted octanol–water partition coefficient (Wildman–Crippen LogP) is 14.7. The van der Waals surface area contributed by atoms with E-state index in [0.29, 0.717) is 11.4 Å². The number of nitrogens with zero attached hydrogens (tertiary/aromatic N) is 3. The van der Waals surface area contributed by atoms with Crippen LogP contribution in [0.15, 0.2) is 224 Å². The summed E-state index contributed by atoms with van der Waals surface area (Å²) in [5, 5.41) is 10.6. The minimum atomic E-state index is -0.522. The molecule has 0 unspecified atom stereocenters. The average molecular weight is 800 g/mol. The Morgan fingerprint density at radius 1 is 0.317 bits per heavy atom. The number of fused-ring (bicyclic) bond motifs is 10. The van der Waals surface area contributed by atoms with Gasteiger partial charge in [-0.3, -0.25) is 0 Å². The molecule has 0 aliphatic heterocycles.